The van der Waals surface area contributed by atoms with Gasteiger partial charge < -0.3 is 5.32 Å². The highest BCUT2D eigenvalue weighted by atomic mass is 32.1. The molecular formula is C12H21N3S. The van der Waals surface area contributed by atoms with Crippen molar-refractivity contribution in [2.45, 2.75) is 45.6 Å². The molecule has 90 valence electrons. The molecule has 1 saturated carbocycles. The quantitative estimate of drug-likeness (QED) is 0.877. The van der Waals surface area contributed by atoms with Crippen molar-refractivity contribution in [1.29, 1.82) is 0 Å². The molecule has 0 bridgehead atoms. The molecule has 1 fully saturated rings. The van der Waals surface area contributed by atoms with Crippen LogP contribution in [0.25, 0.3) is 0 Å². The Kier molecular flexibility index (Phi) is 4.29. The predicted octanol–water partition coefficient (Wildman–Crippen LogP) is 3.02. The summed E-state index contributed by atoms with van der Waals surface area (Å²) in [5.41, 5.74) is 0. The minimum atomic E-state index is 0.479. The average Bonchev–Trinajstić information content (AvgIpc) is 2.79. The molecule has 3 unspecified atom stereocenters. The van der Waals surface area contributed by atoms with Crippen molar-refractivity contribution in [2.75, 3.05) is 6.54 Å². The van der Waals surface area contributed by atoms with Gasteiger partial charge in [-0.1, -0.05) is 31.2 Å². The van der Waals surface area contributed by atoms with Gasteiger partial charge in [0.25, 0.3) is 0 Å². The zero-order valence-corrected chi connectivity index (χ0v) is 11.0. The molecule has 0 saturated heterocycles. The Morgan fingerprint density at radius 3 is 3.06 bits per heavy atom. The lowest BCUT2D eigenvalue weighted by Gasteiger charge is -2.32. The first-order valence-corrected chi connectivity index (χ1v) is 7.09. The monoisotopic (exact) mass is 239 g/mol. The molecule has 1 aliphatic rings. The van der Waals surface area contributed by atoms with E-state index in [1.165, 1.54) is 30.6 Å². The molecule has 4 heteroatoms. The van der Waals surface area contributed by atoms with Crippen LogP contribution in [0.3, 0.4) is 0 Å². The number of hydrogen-bond acceptors (Lipinski definition) is 4. The van der Waals surface area contributed by atoms with Crippen molar-refractivity contribution < 1.29 is 0 Å². The standard InChI is InChI=1S/C12H21N3S/c1-3-13-12(11-8-14-15-16-11)10-6-4-5-9(2)7-10/h8-10,12-13H,3-7H2,1-2H3. The summed E-state index contributed by atoms with van der Waals surface area (Å²) in [6.45, 7) is 5.57. The van der Waals surface area contributed by atoms with E-state index < -0.39 is 0 Å². The molecule has 1 N–H and O–H groups in total. The van der Waals surface area contributed by atoms with E-state index in [1.807, 2.05) is 6.20 Å². The topological polar surface area (TPSA) is 37.8 Å². The van der Waals surface area contributed by atoms with Crippen molar-refractivity contribution in [3.05, 3.63) is 11.1 Å². The Labute approximate surface area is 102 Å². The molecule has 1 aliphatic carbocycles. The van der Waals surface area contributed by atoms with Crippen molar-refractivity contribution in [3.8, 4) is 0 Å². The first-order valence-electron chi connectivity index (χ1n) is 6.32. The van der Waals surface area contributed by atoms with Gasteiger partial charge in [0.2, 0.25) is 0 Å². The third-order valence-corrected chi connectivity index (χ3v) is 4.30. The summed E-state index contributed by atoms with van der Waals surface area (Å²) < 4.78 is 3.99. The van der Waals surface area contributed by atoms with Gasteiger partial charge in [0.15, 0.2) is 0 Å². The van der Waals surface area contributed by atoms with Crippen LogP contribution in [0.1, 0.15) is 50.4 Å². The molecule has 1 aromatic heterocycles. The van der Waals surface area contributed by atoms with E-state index in [1.54, 1.807) is 11.5 Å². The molecule has 1 aromatic rings. The van der Waals surface area contributed by atoms with Gasteiger partial charge in [-0.3, -0.25) is 0 Å². The SMILES string of the molecule is CCNC(c1cnns1)C1CCCC(C)C1. The van der Waals surface area contributed by atoms with Crippen LogP contribution in [-0.4, -0.2) is 16.1 Å². The van der Waals surface area contributed by atoms with E-state index in [2.05, 4.69) is 28.8 Å². The van der Waals surface area contributed by atoms with Gasteiger partial charge in [0.05, 0.1) is 11.1 Å². The van der Waals surface area contributed by atoms with Gasteiger partial charge in [-0.15, -0.1) is 5.10 Å². The second-order valence-electron chi connectivity index (χ2n) is 4.89. The van der Waals surface area contributed by atoms with Crippen molar-refractivity contribution >= 4 is 11.5 Å². The predicted molar refractivity (Wildman–Crippen MR) is 67.4 cm³/mol. The van der Waals surface area contributed by atoms with Crippen LogP contribution in [0, 0.1) is 11.8 Å². The third-order valence-electron chi connectivity index (χ3n) is 3.56. The van der Waals surface area contributed by atoms with E-state index in [0.717, 1.165) is 18.4 Å². The van der Waals surface area contributed by atoms with Crippen LogP contribution >= 0.6 is 11.5 Å². The van der Waals surface area contributed by atoms with E-state index >= 15 is 0 Å². The van der Waals surface area contributed by atoms with Crippen LogP contribution in [0.4, 0.5) is 0 Å². The highest BCUT2D eigenvalue weighted by Crippen LogP contribution is 2.37. The average molecular weight is 239 g/mol. The maximum Gasteiger partial charge on any atom is 0.0669 e. The molecule has 16 heavy (non-hydrogen) atoms. The summed E-state index contributed by atoms with van der Waals surface area (Å²) in [6, 6.07) is 0.479. The second kappa shape index (κ2) is 5.73. The Hall–Kier alpha value is -0.480. The molecule has 0 radical (unpaired) electrons. The largest absolute Gasteiger partial charge is 0.309 e. The first kappa shape index (κ1) is 12.0. The number of rotatable bonds is 4. The number of aromatic nitrogens is 2. The smallest absolute Gasteiger partial charge is 0.0669 e. The van der Waals surface area contributed by atoms with E-state index in [-0.39, 0.29) is 0 Å². The molecule has 0 aliphatic heterocycles. The van der Waals surface area contributed by atoms with Gasteiger partial charge in [-0.2, -0.15) is 0 Å². The van der Waals surface area contributed by atoms with Gasteiger partial charge in [0, 0.05) is 6.04 Å². The summed E-state index contributed by atoms with van der Waals surface area (Å²) in [4.78, 5) is 1.31. The van der Waals surface area contributed by atoms with Gasteiger partial charge in [0.1, 0.15) is 0 Å². The van der Waals surface area contributed by atoms with E-state index in [0.29, 0.717) is 6.04 Å². The molecule has 0 aromatic carbocycles. The summed E-state index contributed by atoms with van der Waals surface area (Å²) in [5.74, 6) is 1.65. The molecule has 3 atom stereocenters. The maximum absolute atomic E-state index is 3.99. The van der Waals surface area contributed by atoms with E-state index in [9.17, 15) is 0 Å². The fourth-order valence-corrected chi connectivity index (χ4v) is 3.49. The van der Waals surface area contributed by atoms with Crippen LogP contribution in [0.15, 0.2) is 6.20 Å². The summed E-state index contributed by atoms with van der Waals surface area (Å²) in [7, 11) is 0. The molecule has 1 heterocycles. The minimum Gasteiger partial charge on any atom is -0.309 e. The second-order valence-corrected chi connectivity index (χ2v) is 5.70. The van der Waals surface area contributed by atoms with Crippen molar-refractivity contribution in [2.24, 2.45) is 11.8 Å². The Morgan fingerprint density at radius 2 is 2.44 bits per heavy atom. The zero-order valence-electron chi connectivity index (χ0n) is 10.1. The minimum absolute atomic E-state index is 0.479. The lowest BCUT2D eigenvalue weighted by molar-refractivity contribution is 0.227. The van der Waals surface area contributed by atoms with Crippen LogP contribution < -0.4 is 5.32 Å². The maximum atomic E-state index is 3.99. The van der Waals surface area contributed by atoms with Crippen LogP contribution in [0.2, 0.25) is 0 Å². The fourth-order valence-electron chi connectivity index (χ4n) is 2.82. The van der Waals surface area contributed by atoms with Crippen molar-refractivity contribution in [1.82, 2.24) is 14.9 Å². The molecule has 2 rings (SSSR count). The van der Waals surface area contributed by atoms with E-state index in [4.69, 9.17) is 0 Å². The Morgan fingerprint density at radius 1 is 1.56 bits per heavy atom. The number of hydrogen-bond donors (Lipinski definition) is 1. The molecule has 0 spiro atoms. The Balaban J connectivity index is 2.06. The van der Waals surface area contributed by atoms with Crippen LogP contribution in [-0.2, 0) is 0 Å². The fraction of sp³-hybridized carbons (Fsp3) is 0.833. The van der Waals surface area contributed by atoms with Gasteiger partial charge in [-0.05, 0) is 42.8 Å². The zero-order chi connectivity index (χ0) is 11.4. The highest BCUT2D eigenvalue weighted by Gasteiger charge is 2.28. The Bertz CT molecular complexity index is 299. The lowest BCUT2D eigenvalue weighted by Crippen LogP contribution is -2.30. The summed E-state index contributed by atoms with van der Waals surface area (Å²) in [6.07, 6.45) is 7.39. The van der Waals surface area contributed by atoms with Gasteiger partial charge >= 0.3 is 0 Å². The van der Waals surface area contributed by atoms with Crippen LogP contribution in [0.5, 0.6) is 0 Å². The number of nitrogens with one attached hydrogen (secondary N) is 1. The normalized spacial score (nSPS) is 27.9. The first-order chi connectivity index (χ1) is 7.81. The third kappa shape index (κ3) is 2.80. The lowest BCUT2D eigenvalue weighted by atomic mass is 9.78. The molecular weight excluding hydrogens is 218 g/mol. The molecule has 0 amide bonds. The van der Waals surface area contributed by atoms with Crippen molar-refractivity contribution in [3.63, 3.8) is 0 Å². The summed E-state index contributed by atoms with van der Waals surface area (Å²) in [5, 5.41) is 7.57. The highest BCUT2D eigenvalue weighted by molar-refractivity contribution is 7.05. The summed E-state index contributed by atoms with van der Waals surface area (Å²) >= 11 is 1.54. The number of nitrogens with zero attached hydrogens (tertiary/aromatic N) is 2. The molecule has 3 nitrogen and oxygen atoms in total. The van der Waals surface area contributed by atoms with Gasteiger partial charge in [-0.25, -0.2) is 0 Å².